The fourth-order valence-electron chi connectivity index (χ4n) is 2.09. The fourth-order valence-corrected chi connectivity index (χ4v) is 2.47. The average Bonchev–Trinajstić information content (AvgIpc) is 2.43. The highest BCUT2D eigenvalue weighted by Crippen LogP contribution is 2.20. The molecule has 112 valence electrons. The maximum atomic E-state index is 11.8. The minimum Gasteiger partial charge on any atom is -0.392 e. The lowest BCUT2D eigenvalue weighted by molar-refractivity contribution is -0.115. The number of nitrogens with one attached hydrogen (secondary N) is 2. The van der Waals surface area contributed by atoms with E-state index in [2.05, 4.69) is 40.4 Å². The molecule has 1 amide bonds. The zero-order chi connectivity index (χ0) is 15.0. The van der Waals surface area contributed by atoms with E-state index in [1.54, 1.807) is 0 Å². The van der Waals surface area contributed by atoms with Crippen molar-refractivity contribution in [3.05, 3.63) is 28.7 Å². The Morgan fingerprint density at radius 3 is 2.55 bits per heavy atom. The molecule has 4 nitrogen and oxygen atoms in total. The molecule has 1 aromatic rings. The van der Waals surface area contributed by atoms with Crippen molar-refractivity contribution in [2.45, 2.75) is 32.8 Å². The van der Waals surface area contributed by atoms with E-state index in [1.165, 1.54) is 0 Å². The first-order valence-electron chi connectivity index (χ1n) is 7.01. The molecule has 5 heteroatoms. The van der Waals surface area contributed by atoms with Gasteiger partial charge in [0.25, 0.3) is 0 Å². The van der Waals surface area contributed by atoms with Crippen molar-refractivity contribution in [3.63, 3.8) is 0 Å². The molecule has 0 radical (unpaired) electrons. The fraction of sp³-hybridized carbons (Fsp3) is 0.533. The third-order valence-electron chi connectivity index (χ3n) is 3.38. The summed E-state index contributed by atoms with van der Waals surface area (Å²) >= 11 is 3.38. The molecule has 3 N–H and O–H groups in total. The second kappa shape index (κ2) is 9.10. The highest BCUT2D eigenvalue weighted by molar-refractivity contribution is 9.10. The number of rotatable bonds is 8. The Hall–Kier alpha value is -0.910. The van der Waals surface area contributed by atoms with Crippen molar-refractivity contribution in [1.82, 2.24) is 5.32 Å². The normalized spacial score (nSPS) is 12.4. The topological polar surface area (TPSA) is 61.4 Å². The molecule has 1 unspecified atom stereocenters. The third-order valence-corrected chi connectivity index (χ3v) is 4.07. The van der Waals surface area contributed by atoms with E-state index in [0.29, 0.717) is 6.54 Å². The van der Waals surface area contributed by atoms with Crippen molar-refractivity contribution >= 4 is 27.5 Å². The summed E-state index contributed by atoms with van der Waals surface area (Å²) in [6.07, 6.45) is 1.49. The van der Waals surface area contributed by atoms with Gasteiger partial charge in [0.2, 0.25) is 5.91 Å². The van der Waals surface area contributed by atoms with Crippen LogP contribution in [0.15, 0.2) is 28.7 Å². The highest BCUT2D eigenvalue weighted by atomic mass is 79.9. The van der Waals surface area contributed by atoms with E-state index in [1.807, 2.05) is 24.3 Å². The minimum atomic E-state index is -0.402. The summed E-state index contributed by atoms with van der Waals surface area (Å²) in [6, 6.07) is 7.47. The van der Waals surface area contributed by atoms with E-state index in [4.69, 9.17) is 0 Å². The molecule has 0 saturated heterocycles. The molecule has 1 aromatic carbocycles. The molecule has 1 atom stereocenters. The Labute approximate surface area is 129 Å². The van der Waals surface area contributed by atoms with Gasteiger partial charge >= 0.3 is 0 Å². The molecule has 0 aliphatic rings. The lowest BCUT2D eigenvalue weighted by atomic mass is 9.97. The van der Waals surface area contributed by atoms with E-state index >= 15 is 0 Å². The quantitative estimate of drug-likeness (QED) is 0.680. The Balaban J connectivity index is 2.32. The van der Waals surface area contributed by atoms with Gasteiger partial charge in [-0.2, -0.15) is 0 Å². The van der Waals surface area contributed by atoms with Gasteiger partial charge in [-0.05, 0) is 34.0 Å². The number of hydrogen-bond acceptors (Lipinski definition) is 3. The van der Waals surface area contributed by atoms with Crippen LogP contribution < -0.4 is 10.6 Å². The second-order valence-electron chi connectivity index (χ2n) is 4.80. The van der Waals surface area contributed by atoms with Gasteiger partial charge in [-0.3, -0.25) is 4.79 Å². The summed E-state index contributed by atoms with van der Waals surface area (Å²) in [5, 5.41) is 15.8. The molecule has 0 spiro atoms. The maximum absolute atomic E-state index is 11.8. The van der Waals surface area contributed by atoms with Crippen LogP contribution in [0.4, 0.5) is 5.69 Å². The van der Waals surface area contributed by atoms with E-state index < -0.39 is 6.10 Å². The summed E-state index contributed by atoms with van der Waals surface area (Å²) in [4.78, 5) is 11.8. The number of para-hydroxylation sites is 1. The van der Waals surface area contributed by atoms with Crippen LogP contribution in [0.3, 0.4) is 0 Å². The third kappa shape index (κ3) is 5.61. The lowest BCUT2D eigenvalue weighted by Crippen LogP contribution is -2.37. The van der Waals surface area contributed by atoms with Gasteiger partial charge in [-0.15, -0.1) is 0 Å². The van der Waals surface area contributed by atoms with Crippen molar-refractivity contribution < 1.29 is 9.90 Å². The number of aliphatic hydroxyl groups excluding tert-OH is 1. The van der Waals surface area contributed by atoms with Crippen LogP contribution in [0.1, 0.15) is 26.7 Å². The van der Waals surface area contributed by atoms with Gasteiger partial charge in [0, 0.05) is 11.0 Å². The smallest absolute Gasteiger partial charge is 0.238 e. The highest BCUT2D eigenvalue weighted by Gasteiger charge is 2.15. The minimum absolute atomic E-state index is 0.117. The van der Waals surface area contributed by atoms with E-state index in [9.17, 15) is 9.90 Å². The molecule has 0 saturated carbocycles. The zero-order valence-corrected chi connectivity index (χ0v) is 13.6. The molecule has 0 aromatic heterocycles. The van der Waals surface area contributed by atoms with Crippen LogP contribution in [-0.4, -0.2) is 30.2 Å². The maximum Gasteiger partial charge on any atom is 0.238 e. The molecular weight excluding hydrogens is 320 g/mol. The Bertz CT molecular complexity index is 422. The Kier molecular flexibility index (Phi) is 7.80. The van der Waals surface area contributed by atoms with E-state index in [-0.39, 0.29) is 18.4 Å². The van der Waals surface area contributed by atoms with Crippen LogP contribution in [0, 0.1) is 5.92 Å². The van der Waals surface area contributed by atoms with Crippen LogP contribution >= 0.6 is 15.9 Å². The van der Waals surface area contributed by atoms with Gasteiger partial charge in [-0.1, -0.05) is 38.8 Å². The number of benzene rings is 1. The number of anilines is 1. The summed E-state index contributed by atoms with van der Waals surface area (Å²) in [5.41, 5.74) is 0.750. The van der Waals surface area contributed by atoms with Crippen molar-refractivity contribution in [2.24, 2.45) is 5.92 Å². The van der Waals surface area contributed by atoms with E-state index in [0.717, 1.165) is 23.0 Å². The largest absolute Gasteiger partial charge is 0.392 e. The molecule has 0 aliphatic carbocycles. The van der Waals surface area contributed by atoms with Crippen LogP contribution in [0.2, 0.25) is 0 Å². The first-order chi connectivity index (χ1) is 9.58. The Morgan fingerprint density at radius 1 is 1.30 bits per heavy atom. The zero-order valence-electron chi connectivity index (χ0n) is 12.0. The molecular formula is C15H23BrN2O2. The summed E-state index contributed by atoms with van der Waals surface area (Å²) < 4.78 is 0.852. The van der Waals surface area contributed by atoms with Crippen LogP contribution in [0.25, 0.3) is 0 Å². The first kappa shape index (κ1) is 17.1. The summed E-state index contributed by atoms with van der Waals surface area (Å²) in [6.45, 7) is 4.77. The van der Waals surface area contributed by atoms with Gasteiger partial charge < -0.3 is 15.7 Å². The molecule has 0 aliphatic heterocycles. The molecule has 0 fully saturated rings. The standard InChI is InChI=1S/C15H23BrN2O2/c1-3-11(4-2)14(19)9-17-10-15(20)18-13-8-6-5-7-12(13)16/h5-8,11,14,17,19H,3-4,9-10H2,1-2H3,(H,18,20). The number of halogens is 1. The average molecular weight is 343 g/mol. The number of carbonyl (C=O) groups excluding carboxylic acids is 1. The predicted molar refractivity (Wildman–Crippen MR) is 85.7 cm³/mol. The van der Waals surface area contributed by atoms with Crippen LogP contribution in [-0.2, 0) is 4.79 Å². The van der Waals surface area contributed by atoms with Gasteiger partial charge in [0.05, 0.1) is 18.3 Å². The van der Waals surface area contributed by atoms with Crippen LogP contribution in [0.5, 0.6) is 0 Å². The number of carbonyl (C=O) groups is 1. The number of hydrogen-bond donors (Lipinski definition) is 3. The van der Waals surface area contributed by atoms with Gasteiger partial charge in [0.1, 0.15) is 0 Å². The molecule has 20 heavy (non-hydrogen) atoms. The summed E-state index contributed by atoms with van der Waals surface area (Å²) in [5.74, 6) is 0.169. The second-order valence-corrected chi connectivity index (χ2v) is 5.66. The molecule has 0 heterocycles. The molecule has 1 rings (SSSR count). The lowest BCUT2D eigenvalue weighted by Gasteiger charge is -2.20. The number of amides is 1. The van der Waals surface area contributed by atoms with Crippen molar-refractivity contribution in [2.75, 3.05) is 18.4 Å². The van der Waals surface area contributed by atoms with Gasteiger partial charge in [0.15, 0.2) is 0 Å². The monoisotopic (exact) mass is 342 g/mol. The van der Waals surface area contributed by atoms with Crippen molar-refractivity contribution in [1.29, 1.82) is 0 Å². The molecule has 0 bridgehead atoms. The SMILES string of the molecule is CCC(CC)C(O)CNCC(=O)Nc1ccccc1Br. The van der Waals surface area contributed by atoms with Gasteiger partial charge in [-0.25, -0.2) is 0 Å². The summed E-state index contributed by atoms with van der Waals surface area (Å²) in [7, 11) is 0. The first-order valence-corrected chi connectivity index (χ1v) is 7.80. The predicted octanol–water partition coefficient (Wildman–Crippen LogP) is 2.77. The van der Waals surface area contributed by atoms with Crippen molar-refractivity contribution in [3.8, 4) is 0 Å². The number of aliphatic hydroxyl groups is 1. The Morgan fingerprint density at radius 2 is 1.95 bits per heavy atom.